The number of rotatable bonds is 7. The highest BCUT2D eigenvalue weighted by atomic mass is 79.9. The first kappa shape index (κ1) is 21.9. The van der Waals surface area contributed by atoms with Crippen LogP contribution in [0.15, 0.2) is 70.8 Å². The highest BCUT2D eigenvalue weighted by Crippen LogP contribution is 2.26. The van der Waals surface area contributed by atoms with Gasteiger partial charge in [-0.15, -0.1) is 0 Å². The molecule has 0 aliphatic heterocycles. The van der Waals surface area contributed by atoms with E-state index in [2.05, 4.69) is 37.6 Å². The Morgan fingerprint density at radius 1 is 1.20 bits per heavy atom. The van der Waals surface area contributed by atoms with Gasteiger partial charge in [0, 0.05) is 17.1 Å². The number of hydrogen-bond donors (Lipinski definition) is 1. The number of carbonyl (C=O) groups is 1. The minimum atomic E-state index is -0.381. The van der Waals surface area contributed by atoms with E-state index in [4.69, 9.17) is 16.3 Å². The molecule has 3 aromatic rings. The zero-order valence-corrected chi connectivity index (χ0v) is 19.0. The van der Waals surface area contributed by atoms with Gasteiger partial charge in [0.1, 0.15) is 12.4 Å². The van der Waals surface area contributed by atoms with E-state index in [1.54, 1.807) is 24.4 Å². The average Bonchev–Trinajstić information content (AvgIpc) is 3.05. The summed E-state index contributed by atoms with van der Waals surface area (Å²) >= 11 is 9.82. The first-order valence-corrected chi connectivity index (χ1v) is 10.4. The number of nitrogens with zero attached hydrogens (tertiary/aromatic N) is 2. The lowest BCUT2D eigenvalue weighted by molar-refractivity contribution is 0.0955. The highest BCUT2D eigenvalue weighted by Gasteiger charge is 2.12. The Morgan fingerprint density at radius 2 is 1.93 bits per heavy atom. The molecule has 1 amide bonds. The van der Waals surface area contributed by atoms with Crippen LogP contribution in [0.2, 0.25) is 5.02 Å². The number of benzene rings is 2. The fourth-order valence-corrected chi connectivity index (χ4v) is 3.76. The van der Waals surface area contributed by atoms with Crippen molar-refractivity contribution in [2.45, 2.75) is 13.8 Å². The van der Waals surface area contributed by atoms with Crippen LogP contribution >= 0.6 is 27.5 Å². The molecule has 1 N–H and O–H groups in total. The van der Waals surface area contributed by atoms with Crippen LogP contribution < -0.4 is 10.2 Å². The summed E-state index contributed by atoms with van der Waals surface area (Å²) in [6.07, 6.45) is 3.23. The minimum absolute atomic E-state index is 0.356. The molecule has 7 heteroatoms. The maximum Gasteiger partial charge on any atom is 0.272 e. The van der Waals surface area contributed by atoms with Gasteiger partial charge in [-0.05, 0) is 83.9 Å². The van der Waals surface area contributed by atoms with E-state index in [1.807, 2.05) is 50.2 Å². The molecule has 0 aliphatic carbocycles. The molecule has 1 heterocycles. The van der Waals surface area contributed by atoms with Gasteiger partial charge in [-0.2, -0.15) is 5.10 Å². The Hall–Kier alpha value is -2.83. The maximum atomic E-state index is 12.5. The Balaban J connectivity index is 1.69. The fourth-order valence-electron chi connectivity index (χ4n) is 2.99. The lowest BCUT2D eigenvalue weighted by Crippen LogP contribution is -2.18. The molecule has 0 radical (unpaired) electrons. The largest absolute Gasteiger partial charge is 0.488 e. The number of halogens is 2. The molecule has 0 spiro atoms. The van der Waals surface area contributed by atoms with Crippen LogP contribution in [0.5, 0.6) is 5.75 Å². The van der Waals surface area contributed by atoms with Crippen LogP contribution in [0.4, 0.5) is 0 Å². The normalized spacial score (nSPS) is 10.9. The number of hydrogen-bond acceptors (Lipinski definition) is 3. The van der Waals surface area contributed by atoms with Crippen molar-refractivity contribution in [2.24, 2.45) is 5.10 Å². The summed E-state index contributed by atoms with van der Waals surface area (Å²) in [5.41, 5.74) is 6.76. The number of aromatic nitrogens is 1. The number of hydrazone groups is 1. The lowest BCUT2D eigenvalue weighted by Gasteiger charge is -2.11. The molecule has 0 fully saturated rings. The lowest BCUT2D eigenvalue weighted by atomic mass is 10.2. The van der Waals surface area contributed by atoms with Gasteiger partial charge in [-0.3, -0.25) is 4.79 Å². The van der Waals surface area contributed by atoms with Gasteiger partial charge in [0.05, 0.1) is 21.3 Å². The zero-order chi connectivity index (χ0) is 21.7. The van der Waals surface area contributed by atoms with Crippen LogP contribution in [0.3, 0.4) is 0 Å². The predicted octanol–water partition coefficient (Wildman–Crippen LogP) is 5.84. The summed E-state index contributed by atoms with van der Waals surface area (Å²) in [7, 11) is 0. The van der Waals surface area contributed by atoms with Crippen molar-refractivity contribution in [2.75, 3.05) is 6.61 Å². The van der Waals surface area contributed by atoms with E-state index in [0.717, 1.165) is 27.1 Å². The third-order valence-electron chi connectivity index (χ3n) is 4.42. The molecule has 0 bridgehead atoms. The number of ether oxygens (including phenoxy) is 1. The molecule has 30 heavy (non-hydrogen) atoms. The van der Waals surface area contributed by atoms with Gasteiger partial charge in [0.25, 0.3) is 5.91 Å². The number of aryl methyl sites for hydroxylation is 2. The van der Waals surface area contributed by atoms with Crippen LogP contribution in [0, 0.1) is 13.8 Å². The summed E-state index contributed by atoms with van der Waals surface area (Å²) in [6, 6.07) is 14.9. The molecule has 3 rings (SSSR count). The van der Waals surface area contributed by atoms with Crippen molar-refractivity contribution in [3.8, 4) is 11.4 Å². The maximum absolute atomic E-state index is 12.5. The second-order valence-corrected chi connectivity index (χ2v) is 7.87. The van der Waals surface area contributed by atoms with E-state index < -0.39 is 0 Å². The Bertz CT molecular complexity index is 1100. The van der Waals surface area contributed by atoms with Crippen LogP contribution in [0.25, 0.3) is 5.69 Å². The molecular weight excluding hydrogens is 466 g/mol. The molecule has 0 atom stereocenters. The standard InChI is InChI=1S/C23H21BrClN3O2/c1-4-11-30-22-10-7-17(12-20(22)24)14-26-27-23(29)19-9-8-18(13-21(19)25)28-15(2)5-6-16(28)3/h4-10,12-14H,1,11H2,2-3H3,(H,27,29)/b26-14-. The topological polar surface area (TPSA) is 55.6 Å². The van der Waals surface area contributed by atoms with Crippen LogP contribution in [0.1, 0.15) is 27.3 Å². The van der Waals surface area contributed by atoms with Crippen LogP contribution in [-0.4, -0.2) is 23.3 Å². The van der Waals surface area contributed by atoms with Gasteiger partial charge in [0.2, 0.25) is 0 Å². The van der Waals surface area contributed by atoms with E-state index in [9.17, 15) is 4.79 Å². The molecular formula is C23H21BrClN3O2. The summed E-state index contributed by atoms with van der Waals surface area (Å²) < 4.78 is 8.37. The van der Waals surface area contributed by atoms with Gasteiger partial charge in [-0.1, -0.05) is 24.3 Å². The molecule has 0 aliphatic rings. The molecule has 0 unspecified atom stereocenters. The zero-order valence-electron chi connectivity index (χ0n) is 16.7. The number of carbonyl (C=O) groups excluding carboxylic acids is 1. The average molecular weight is 487 g/mol. The molecule has 0 saturated carbocycles. The second-order valence-electron chi connectivity index (χ2n) is 6.60. The van der Waals surface area contributed by atoms with Gasteiger partial charge >= 0.3 is 0 Å². The minimum Gasteiger partial charge on any atom is -0.488 e. The van der Waals surface area contributed by atoms with Crippen molar-refractivity contribution in [1.82, 2.24) is 9.99 Å². The molecule has 0 saturated heterocycles. The van der Waals surface area contributed by atoms with Gasteiger partial charge in [-0.25, -0.2) is 5.43 Å². The van der Waals surface area contributed by atoms with Crippen LogP contribution in [-0.2, 0) is 0 Å². The van der Waals surface area contributed by atoms with E-state index in [0.29, 0.717) is 22.9 Å². The van der Waals surface area contributed by atoms with E-state index >= 15 is 0 Å². The van der Waals surface area contributed by atoms with Crippen molar-refractivity contribution >= 4 is 39.7 Å². The molecule has 2 aromatic carbocycles. The van der Waals surface area contributed by atoms with Crippen molar-refractivity contribution < 1.29 is 9.53 Å². The quantitative estimate of drug-likeness (QED) is 0.259. The highest BCUT2D eigenvalue weighted by molar-refractivity contribution is 9.10. The third kappa shape index (κ3) is 5.01. The second kappa shape index (κ2) is 9.78. The summed E-state index contributed by atoms with van der Waals surface area (Å²) in [6.45, 7) is 8.09. The predicted molar refractivity (Wildman–Crippen MR) is 125 cm³/mol. The summed E-state index contributed by atoms with van der Waals surface area (Å²) in [5, 5.41) is 4.39. The SMILES string of the molecule is C=CCOc1ccc(/C=N\NC(=O)c2ccc(-n3c(C)ccc3C)cc2Cl)cc1Br. The third-order valence-corrected chi connectivity index (χ3v) is 5.35. The number of amides is 1. The van der Waals surface area contributed by atoms with Crippen molar-refractivity contribution in [1.29, 1.82) is 0 Å². The first-order chi connectivity index (χ1) is 14.4. The summed E-state index contributed by atoms with van der Waals surface area (Å²) in [5.74, 6) is 0.324. The first-order valence-electron chi connectivity index (χ1n) is 9.22. The van der Waals surface area contributed by atoms with Crippen molar-refractivity contribution in [3.05, 3.63) is 93.2 Å². The fraction of sp³-hybridized carbons (Fsp3) is 0.130. The van der Waals surface area contributed by atoms with Gasteiger partial charge in [0.15, 0.2) is 0 Å². The monoisotopic (exact) mass is 485 g/mol. The van der Waals surface area contributed by atoms with Gasteiger partial charge < -0.3 is 9.30 Å². The number of nitrogens with one attached hydrogen (secondary N) is 1. The molecule has 154 valence electrons. The summed E-state index contributed by atoms with van der Waals surface area (Å²) in [4.78, 5) is 12.5. The smallest absolute Gasteiger partial charge is 0.272 e. The Labute approximate surface area is 189 Å². The van der Waals surface area contributed by atoms with Crippen molar-refractivity contribution in [3.63, 3.8) is 0 Å². The Morgan fingerprint density at radius 3 is 2.57 bits per heavy atom. The molecule has 5 nitrogen and oxygen atoms in total. The Kier molecular flexibility index (Phi) is 7.13. The van der Waals surface area contributed by atoms with E-state index in [1.165, 1.54) is 0 Å². The molecule has 1 aromatic heterocycles. The van der Waals surface area contributed by atoms with E-state index in [-0.39, 0.29) is 5.91 Å².